The molecular weight excluding hydrogens is 319 g/mol. The first-order chi connectivity index (χ1) is 8.29. The molecular formula is C16H15I. The van der Waals surface area contributed by atoms with Gasteiger partial charge in [-0.1, -0.05) is 55.5 Å². The predicted molar refractivity (Wildman–Crippen MR) is 83.8 cm³/mol. The summed E-state index contributed by atoms with van der Waals surface area (Å²) in [7, 11) is 0. The van der Waals surface area contributed by atoms with E-state index in [0.29, 0.717) is 0 Å². The number of allylic oxidation sites excluding steroid dienone is 1. The molecule has 17 heavy (non-hydrogen) atoms. The smallest absolute Gasteiger partial charge is 0.0130 e. The van der Waals surface area contributed by atoms with Gasteiger partial charge in [-0.3, -0.25) is 0 Å². The van der Waals surface area contributed by atoms with Crippen LogP contribution in [0.4, 0.5) is 0 Å². The zero-order valence-electron chi connectivity index (χ0n) is 9.86. The molecule has 1 heteroatoms. The van der Waals surface area contributed by atoms with Crippen LogP contribution in [0.25, 0.3) is 11.6 Å². The Labute approximate surface area is 117 Å². The molecule has 0 aromatic heterocycles. The topological polar surface area (TPSA) is 0 Å². The van der Waals surface area contributed by atoms with Crippen LogP contribution in [0.1, 0.15) is 24.5 Å². The molecule has 0 aliphatic heterocycles. The summed E-state index contributed by atoms with van der Waals surface area (Å²) < 4.78 is 1.28. The van der Waals surface area contributed by atoms with Gasteiger partial charge in [-0.15, -0.1) is 0 Å². The maximum absolute atomic E-state index is 2.33. The summed E-state index contributed by atoms with van der Waals surface area (Å²) in [5, 5.41) is 0. The highest BCUT2D eigenvalue weighted by Crippen LogP contribution is 2.21. The Bertz CT molecular complexity index is 495. The van der Waals surface area contributed by atoms with E-state index >= 15 is 0 Å². The molecule has 2 aromatic carbocycles. The molecule has 0 spiro atoms. The normalized spacial score (nSPS) is 11.5. The molecule has 0 unspecified atom stereocenters. The minimum atomic E-state index is 1.05. The molecule has 0 nitrogen and oxygen atoms in total. The van der Waals surface area contributed by atoms with Crippen LogP contribution >= 0.6 is 22.6 Å². The molecule has 2 aromatic rings. The maximum atomic E-state index is 2.33. The lowest BCUT2D eigenvalue weighted by Gasteiger charge is -2.05. The van der Waals surface area contributed by atoms with Crippen molar-refractivity contribution in [2.45, 2.75) is 13.3 Å². The van der Waals surface area contributed by atoms with E-state index in [1.165, 1.54) is 20.3 Å². The Morgan fingerprint density at radius 2 is 1.65 bits per heavy atom. The molecule has 0 saturated heterocycles. The summed E-state index contributed by atoms with van der Waals surface area (Å²) in [6.07, 6.45) is 3.32. The van der Waals surface area contributed by atoms with Crippen LogP contribution in [0.3, 0.4) is 0 Å². The molecule has 86 valence electrons. The van der Waals surface area contributed by atoms with Gasteiger partial charge in [0.25, 0.3) is 0 Å². The summed E-state index contributed by atoms with van der Waals surface area (Å²) in [4.78, 5) is 0. The van der Waals surface area contributed by atoms with Gasteiger partial charge in [-0.05, 0) is 57.8 Å². The number of hydrogen-bond acceptors (Lipinski definition) is 0. The number of benzene rings is 2. The molecule has 0 saturated carbocycles. The van der Waals surface area contributed by atoms with Crippen LogP contribution < -0.4 is 0 Å². The van der Waals surface area contributed by atoms with Gasteiger partial charge in [0.15, 0.2) is 0 Å². The summed E-state index contributed by atoms with van der Waals surface area (Å²) >= 11 is 2.33. The van der Waals surface area contributed by atoms with Crippen molar-refractivity contribution >= 4 is 34.2 Å². The quantitative estimate of drug-likeness (QED) is 0.532. The van der Waals surface area contributed by atoms with Crippen LogP contribution in [-0.4, -0.2) is 0 Å². The van der Waals surface area contributed by atoms with Crippen LogP contribution in [0.15, 0.2) is 54.6 Å². The lowest BCUT2D eigenvalue weighted by molar-refractivity contribution is 1.25. The second-order valence-electron chi connectivity index (χ2n) is 3.94. The third kappa shape index (κ3) is 3.43. The van der Waals surface area contributed by atoms with Crippen LogP contribution in [-0.2, 0) is 0 Å². The Morgan fingerprint density at radius 1 is 1.00 bits per heavy atom. The van der Waals surface area contributed by atoms with E-state index in [1.54, 1.807) is 0 Å². The Hall–Kier alpha value is -1.09. The summed E-state index contributed by atoms with van der Waals surface area (Å²) in [5.74, 6) is 0. The van der Waals surface area contributed by atoms with E-state index in [9.17, 15) is 0 Å². The van der Waals surface area contributed by atoms with Crippen LogP contribution in [0.2, 0.25) is 0 Å². The third-order valence-corrected chi connectivity index (χ3v) is 3.46. The van der Waals surface area contributed by atoms with Crippen molar-refractivity contribution < 1.29 is 0 Å². The lowest BCUT2D eigenvalue weighted by atomic mass is 10.0. The van der Waals surface area contributed by atoms with Gasteiger partial charge in [-0.2, -0.15) is 0 Å². The van der Waals surface area contributed by atoms with E-state index in [-0.39, 0.29) is 0 Å². The van der Waals surface area contributed by atoms with Gasteiger partial charge < -0.3 is 0 Å². The maximum Gasteiger partial charge on any atom is 0.0130 e. The first-order valence-corrected chi connectivity index (χ1v) is 6.89. The number of halogens is 1. The first-order valence-electron chi connectivity index (χ1n) is 5.81. The fourth-order valence-corrected chi connectivity index (χ4v) is 2.16. The van der Waals surface area contributed by atoms with Gasteiger partial charge >= 0.3 is 0 Å². The van der Waals surface area contributed by atoms with Crippen molar-refractivity contribution in [3.05, 3.63) is 69.3 Å². The van der Waals surface area contributed by atoms with E-state index in [0.717, 1.165) is 6.42 Å². The van der Waals surface area contributed by atoms with Crippen molar-refractivity contribution in [1.29, 1.82) is 0 Å². The molecule has 0 fully saturated rings. The van der Waals surface area contributed by atoms with Gasteiger partial charge in [-0.25, -0.2) is 0 Å². The van der Waals surface area contributed by atoms with Crippen LogP contribution in [0.5, 0.6) is 0 Å². The van der Waals surface area contributed by atoms with Gasteiger partial charge in [0, 0.05) is 3.57 Å². The van der Waals surface area contributed by atoms with Gasteiger partial charge in [0.2, 0.25) is 0 Å². The Morgan fingerprint density at radius 3 is 2.24 bits per heavy atom. The molecule has 0 aliphatic rings. The largest absolute Gasteiger partial charge is 0.0622 e. The van der Waals surface area contributed by atoms with Crippen molar-refractivity contribution in [2.24, 2.45) is 0 Å². The minimum absolute atomic E-state index is 1.05. The molecule has 0 bridgehead atoms. The first kappa shape index (κ1) is 12.4. The fraction of sp³-hybridized carbons (Fsp3) is 0.125. The monoisotopic (exact) mass is 334 g/mol. The van der Waals surface area contributed by atoms with E-state index in [1.807, 2.05) is 0 Å². The van der Waals surface area contributed by atoms with E-state index < -0.39 is 0 Å². The Balaban J connectivity index is 2.33. The van der Waals surface area contributed by atoms with E-state index in [4.69, 9.17) is 0 Å². The highest BCUT2D eigenvalue weighted by molar-refractivity contribution is 14.1. The molecule has 0 N–H and O–H groups in total. The van der Waals surface area contributed by atoms with Crippen molar-refractivity contribution in [3.63, 3.8) is 0 Å². The molecule has 0 radical (unpaired) electrons. The zero-order valence-corrected chi connectivity index (χ0v) is 12.0. The fourth-order valence-electron chi connectivity index (χ4n) is 1.80. The van der Waals surface area contributed by atoms with Gasteiger partial charge in [0.1, 0.15) is 0 Å². The second kappa shape index (κ2) is 6.01. The summed E-state index contributed by atoms with van der Waals surface area (Å²) in [6, 6.07) is 19.2. The lowest BCUT2D eigenvalue weighted by Crippen LogP contribution is -1.83. The average Bonchev–Trinajstić information content (AvgIpc) is 2.39. The van der Waals surface area contributed by atoms with Gasteiger partial charge in [0.05, 0.1) is 0 Å². The minimum Gasteiger partial charge on any atom is -0.0622 e. The predicted octanol–water partition coefficient (Wildman–Crippen LogP) is 5.24. The zero-order chi connectivity index (χ0) is 12.1. The van der Waals surface area contributed by atoms with Crippen molar-refractivity contribution in [1.82, 2.24) is 0 Å². The van der Waals surface area contributed by atoms with E-state index in [2.05, 4.69) is 90.2 Å². The molecule has 2 rings (SSSR count). The Kier molecular flexibility index (Phi) is 4.37. The van der Waals surface area contributed by atoms with Crippen molar-refractivity contribution in [3.8, 4) is 0 Å². The summed E-state index contributed by atoms with van der Waals surface area (Å²) in [6.45, 7) is 2.20. The molecule has 0 heterocycles. The number of rotatable bonds is 3. The van der Waals surface area contributed by atoms with Crippen LogP contribution in [0, 0.1) is 3.57 Å². The molecule has 0 amide bonds. The highest BCUT2D eigenvalue weighted by Gasteiger charge is 1.98. The number of hydrogen-bond donors (Lipinski definition) is 0. The summed E-state index contributed by atoms with van der Waals surface area (Å²) in [5.41, 5.74) is 3.96. The molecule has 0 atom stereocenters. The standard InChI is InChI=1S/C16H15I/c1-2-14(15-6-4-3-5-7-15)12-13-8-10-16(17)11-9-13/h3-12H,2H2,1H3. The van der Waals surface area contributed by atoms with Crippen molar-refractivity contribution in [2.75, 3.05) is 0 Å². The molecule has 0 aliphatic carbocycles. The average molecular weight is 334 g/mol. The third-order valence-electron chi connectivity index (χ3n) is 2.74. The SMILES string of the molecule is CCC(=Cc1ccc(I)cc1)c1ccccc1. The highest BCUT2D eigenvalue weighted by atomic mass is 127. The second-order valence-corrected chi connectivity index (χ2v) is 5.19.